The maximum atomic E-state index is 11.9. The first-order valence-corrected chi connectivity index (χ1v) is 8.70. The van der Waals surface area contributed by atoms with Gasteiger partial charge in [0.15, 0.2) is 5.11 Å². The molecular formula is C18H27N3OS. The van der Waals surface area contributed by atoms with Crippen LogP contribution in [0.4, 0.5) is 11.4 Å². The predicted octanol–water partition coefficient (Wildman–Crippen LogP) is 3.93. The zero-order chi connectivity index (χ0) is 16.9. The van der Waals surface area contributed by atoms with Gasteiger partial charge in [0.2, 0.25) is 5.91 Å². The number of benzene rings is 1. The number of anilines is 2. The fourth-order valence-corrected chi connectivity index (χ4v) is 2.95. The molecule has 0 bridgehead atoms. The van der Waals surface area contributed by atoms with Crippen LogP contribution in [-0.4, -0.2) is 24.1 Å². The number of amides is 1. The topological polar surface area (TPSA) is 44.4 Å². The smallest absolute Gasteiger partial charge is 0.226 e. The second-order valence-electron chi connectivity index (χ2n) is 7.33. The average Bonchev–Trinajstić information content (AvgIpc) is 2.46. The molecule has 0 aromatic heterocycles. The van der Waals surface area contributed by atoms with Crippen molar-refractivity contribution >= 4 is 34.6 Å². The Morgan fingerprint density at radius 1 is 1.13 bits per heavy atom. The summed E-state index contributed by atoms with van der Waals surface area (Å²) in [5.41, 5.74) is 2.10. The van der Waals surface area contributed by atoms with Gasteiger partial charge in [0.1, 0.15) is 0 Å². The van der Waals surface area contributed by atoms with Crippen LogP contribution in [0.1, 0.15) is 46.5 Å². The van der Waals surface area contributed by atoms with E-state index in [2.05, 4.69) is 27.7 Å². The Hall–Kier alpha value is -1.62. The second-order valence-corrected chi connectivity index (χ2v) is 7.74. The standard InChI is InChI=1S/C18H27N3OS/c1-18(2,3)13-16(22)20-17(23)19-14-7-9-15(10-8-14)21-11-5-4-6-12-21/h7-10H,4-6,11-13H2,1-3H3,(H2,19,20,22,23). The highest BCUT2D eigenvalue weighted by molar-refractivity contribution is 7.80. The molecule has 1 aromatic rings. The highest BCUT2D eigenvalue weighted by atomic mass is 32.1. The molecule has 2 rings (SSSR count). The molecule has 0 radical (unpaired) electrons. The number of hydrogen-bond acceptors (Lipinski definition) is 3. The van der Waals surface area contributed by atoms with Crippen LogP contribution in [0.2, 0.25) is 0 Å². The molecule has 4 nitrogen and oxygen atoms in total. The van der Waals surface area contributed by atoms with Crippen LogP contribution in [0, 0.1) is 5.41 Å². The van der Waals surface area contributed by atoms with Gasteiger partial charge >= 0.3 is 0 Å². The molecule has 5 heteroatoms. The molecule has 126 valence electrons. The van der Waals surface area contributed by atoms with Gasteiger partial charge in [-0.3, -0.25) is 4.79 Å². The molecule has 1 fully saturated rings. The molecule has 1 aliphatic rings. The van der Waals surface area contributed by atoms with Crippen molar-refractivity contribution in [1.29, 1.82) is 0 Å². The van der Waals surface area contributed by atoms with E-state index in [0.717, 1.165) is 18.8 Å². The summed E-state index contributed by atoms with van der Waals surface area (Å²) in [5.74, 6) is -0.0556. The van der Waals surface area contributed by atoms with Crippen molar-refractivity contribution in [2.45, 2.75) is 46.5 Å². The number of rotatable bonds is 3. The van der Waals surface area contributed by atoms with Crippen molar-refractivity contribution in [3.63, 3.8) is 0 Å². The first-order chi connectivity index (χ1) is 10.8. The average molecular weight is 334 g/mol. The highest BCUT2D eigenvalue weighted by Gasteiger charge is 2.16. The van der Waals surface area contributed by atoms with E-state index in [9.17, 15) is 4.79 Å². The minimum Gasteiger partial charge on any atom is -0.372 e. The maximum Gasteiger partial charge on any atom is 0.226 e. The van der Waals surface area contributed by atoms with Crippen LogP contribution < -0.4 is 15.5 Å². The zero-order valence-corrected chi connectivity index (χ0v) is 15.1. The lowest BCUT2D eigenvalue weighted by atomic mass is 9.92. The molecule has 1 saturated heterocycles. The number of thiocarbonyl (C=S) groups is 1. The van der Waals surface area contributed by atoms with E-state index in [1.165, 1.54) is 24.9 Å². The van der Waals surface area contributed by atoms with Crippen molar-refractivity contribution in [3.05, 3.63) is 24.3 Å². The quantitative estimate of drug-likeness (QED) is 0.823. The summed E-state index contributed by atoms with van der Waals surface area (Å²) >= 11 is 5.21. The van der Waals surface area contributed by atoms with Crippen molar-refractivity contribution in [2.24, 2.45) is 5.41 Å². The number of piperidine rings is 1. The van der Waals surface area contributed by atoms with E-state index in [1.807, 2.05) is 32.9 Å². The monoisotopic (exact) mass is 333 g/mol. The number of hydrogen-bond donors (Lipinski definition) is 2. The third-order valence-corrected chi connectivity index (χ3v) is 3.99. The summed E-state index contributed by atoms with van der Waals surface area (Å²) in [4.78, 5) is 14.3. The van der Waals surface area contributed by atoms with Crippen molar-refractivity contribution in [1.82, 2.24) is 5.32 Å². The predicted molar refractivity (Wildman–Crippen MR) is 101 cm³/mol. The third kappa shape index (κ3) is 6.18. The highest BCUT2D eigenvalue weighted by Crippen LogP contribution is 2.22. The molecule has 1 amide bonds. The van der Waals surface area contributed by atoms with E-state index in [-0.39, 0.29) is 11.3 Å². The molecule has 0 saturated carbocycles. The van der Waals surface area contributed by atoms with Gasteiger partial charge in [-0.05, 0) is 61.2 Å². The van der Waals surface area contributed by atoms with Crippen LogP contribution in [0.3, 0.4) is 0 Å². The largest absolute Gasteiger partial charge is 0.372 e. The Kier molecular flexibility index (Phi) is 5.99. The lowest BCUT2D eigenvalue weighted by Gasteiger charge is -2.28. The summed E-state index contributed by atoms with van der Waals surface area (Å²) in [6.45, 7) is 8.36. The molecule has 0 unspecified atom stereocenters. The zero-order valence-electron chi connectivity index (χ0n) is 14.3. The van der Waals surface area contributed by atoms with Crippen LogP contribution in [0.25, 0.3) is 0 Å². The fourth-order valence-electron chi connectivity index (χ4n) is 2.72. The summed E-state index contributed by atoms with van der Waals surface area (Å²) in [6.07, 6.45) is 4.31. The van der Waals surface area contributed by atoms with Gasteiger partial charge in [-0.2, -0.15) is 0 Å². The van der Waals surface area contributed by atoms with Gasteiger partial charge in [0.05, 0.1) is 0 Å². The molecule has 23 heavy (non-hydrogen) atoms. The minimum absolute atomic E-state index is 0.0458. The Labute approximate surface area is 144 Å². The lowest BCUT2D eigenvalue weighted by Crippen LogP contribution is -2.36. The molecule has 1 aromatic carbocycles. The Morgan fingerprint density at radius 3 is 2.30 bits per heavy atom. The molecular weight excluding hydrogens is 306 g/mol. The summed E-state index contributed by atoms with van der Waals surface area (Å²) in [6, 6.07) is 8.22. The van der Waals surface area contributed by atoms with Crippen molar-refractivity contribution < 1.29 is 4.79 Å². The fraction of sp³-hybridized carbons (Fsp3) is 0.556. The van der Waals surface area contributed by atoms with E-state index in [4.69, 9.17) is 12.2 Å². The van der Waals surface area contributed by atoms with Gasteiger partial charge in [-0.1, -0.05) is 20.8 Å². The maximum absolute atomic E-state index is 11.9. The minimum atomic E-state index is -0.0556. The molecule has 2 N–H and O–H groups in total. The lowest BCUT2D eigenvalue weighted by molar-refractivity contribution is -0.121. The second kappa shape index (κ2) is 7.77. The Bertz CT molecular complexity index is 542. The van der Waals surface area contributed by atoms with E-state index in [1.54, 1.807) is 0 Å². The summed E-state index contributed by atoms with van der Waals surface area (Å²) < 4.78 is 0. The molecule has 1 heterocycles. The van der Waals surface area contributed by atoms with Gasteiger partial charge < -0.3 is 15.5 Å². The normalized spacial score (nSPS) is 15.2. The van der Waals surface area contributed by atoms with E-state index >= 15 is 0 Å². The molecule has 0 atom stereocenters. The Morgan fingerprint density at radius 2 is 1.74 bits per heavy atom. The summed E-state index contributed by atoms with van der Waals surface area (Å²) in [7, 11) is 0. The van der Waals surface area contributed by atoms with Crippen LogP contribution in [0.15, 0.2) is 24.3 Å². The van der Waals surface area contributed by atoms with E-state index in [0.29, 0.717) is 11.5 Å². The first kappa shape index (κ1) is 17.7. The number of carbonyl (C=O) groups excluding carboxylic acids is 1. The van der Waals surface area contributed by atoms with Gasteiger partial charge in [-0.15, -0.1) is 0 Å². The molecule has 1 aliphatic heterocycles. The number of carbonyl (C=O) groups is 1. The number of nitrogens with one attached hydrogen (secondary N) is 2. The number of nitrogens with zero attached hydrogens (tertiary/aromatic N) is 1. The van der Waals surface area contributed by atoms with Crippen molar-refractivity contribution in [2.75, 3.05) is 23.3 Å². The molecule has 0 aliphatic carbocycles. The van der Waals surface area contributed by atoms with Gasteiger partial charge in [0.25, 0.3) is 0 Å². The van der Waals surface area contributed by atoms with Crippen LogP contribution in [-0.2, 0) is 4.79 Å². The Balaban J connectivity index is 1.85. The van der Waals surface area contributed by atoms with Crippen LogP contribution in [0.5, 0.6) is 0 Å². The van der Waals surface area contributed by atoms with Crippen molar-refractivity contribution in [3.8, 4) is 0 Å². The van der Waals surface area contributed by atoms with Crippen LogP contribution >= 0.6 is 12.2 Å². The third-order valence-electron chi connectivity index (χ3n) is 3.79. The van der Waals surface area contributed by atoms with Gasteiger partial charge in [0, 0.05) is 30.9 Å². The first-order valence-electron chi connectivity index (χ1n) is 8.29. The summed E-state index contributed by atoms with van der Waals surface area (Å²) in [5, 5.41) is 6.16. The van der Waals surface area contributed by atoms with Gasteiger partial charge in [-0.25, -0.2) is 0 Å². The van der Waals surface area contributed by atoms with E-state index < -0.39 is 0 Å². The molecule has 0 spiro atoms. The SMILES string of the molecule is CC(C)(C)CC(=O)NC(=S)Nc1ccc(N2CCCCC2)cc1.